The zero-order valence-electron chi connectivity index (χ0n) is 15.1. The van der Waals surface area contributed by atoms with Crippen LogP contribution in [0.3, 0.4) is 0 Å². The van der Waals surface area contributed by atoms with E-state index in [1.165, 1.54) is 28.4 Å². The van der Waals surface area contributed by atoms with E-state index in [1.54, 1.807) is 24.3 Å². The maximum absolute atomic E-state index is 13.1. The number of carbonyl (C=O) groups excluding carboxylic acids is 1. The topological polar surface area (TPSA) is 89.2 Å². The number of benzene rings is 2. The number of carbonyl (C=O) groups is 1. The molecule has 3 rings (SSSR count). The zero-order chi connectivity index (χ0) is 18.8. The van der Waals surface area contributed by atoms with Crippen molar-refractivity contribution >= 4 is 11.5 Å². The summed E-state index contributed by atoms with van der Waals surface area (Å²) in [4.78, 5) is 13.1. The molecule has 1 aliphatic rings. The molecule has 0 saturated heterocycles. The van der Waals surface area contributed by atoms with Crippen molar-refractivity contribution in [2.75, 3.05) is 40.8 Å². The van der Waals surface area contributed by atoms with E-state index in [0.717, 1.165) is 5.56 Å². The Bertz CT molecular complexity index is 823. The van der Waals surface area contributed by atoms with Gasteiger partial charge >= 0.3 is 0 Å². The van der Waals surface area contributed by atoms with E-state index in [2.05, 4.69) is 0 Å². The second-order valence-electron chi connectivity index (χ2n) is 5.74. The molecule has 1 unspecified atom stereocenters. The first kappa shape index (κ1) is 17.7. The highest BCUT2D eigenvalue weighted by atomic mass is 16.5. The number of ether oxygens (including phenoxy) is 5. The number of hydrogen-bond donors (Lipinski definition) is 1. The standard InChI is InChI=1S/C19H21NO6/c1-22-13-6-5-11-12(9-26-18(11)16(13)20)17(21)10-7-14(23-2)19(25-4)15(8-10)24-3/h5-8,12H,9,20H2,1-4H3. The quantitative estimate of drug-likeness (QED) is 0.626. The van der Waals surface area contributed by atoms with Crippen LogP contribution in [-0.4, -0.2) is 40.8 Å². The third kappa shape index (κ3) is 2.75. The number of methoxy groups -OCH3 is 4. The summed E-state index contributed by atoms with van der Waals surface area (Å²) in [6.45, 7) is 0.211. The Morgan fingerprint density at radius 3 is 2.15 bits per heavy atom. The number of anilines is 1. The Kier molecular flexibility index (Phi) is 4.79. The summed E-state index contributed by atoms with van der Waals surface area (Å²) in [7, 11) is 6.06. The van der Waals surface area contributed by atoms with Gasteiger partial charge < -0.3 is 29.4 Å². The Morgan fingerprint density at radius 2 is 1.62 bits per heavy atom. The fourth-order valence-electron chi connectivity index (χ4n) is 3.11. The molecule has 0 radical (unpaired) electrons. The van der Waals surface area contributed by atoms with Crippen molar-refractivity contribution in [2.45, 2.75) is 5.92 Å². The molecule has 0 amide bonds. The molecule has 7 heteroatoms. The minimum atomic E-state index is -0.471. The van der Waals surface area contributed by atoms with Crippen molar-refractivity contribution in [3.05, 3.63) is 35.4 Å². The highest BCUT2D eigenvalue weighted by Gasteiger charge is 2.34. The highest BCUT2D eigenvalue weighted by Crippen LogP contribution is 2.45. The van der Waals surface area contributed by atoms with E-state index >= 15 is 0 Å². The Labute approximate surface area is 151 Å². The first-order valence-electron chi connectivity index (χ1n) is 7.99. The number of hydrogen-bond acceptors (Lipinski definition) is 7. The van der Waals surface area contributed by atoms with Crippen molar-refractivity contribution in [3.8, 4) is 28.7 Å². The van der Waals surface area contributed by atoms with Crippen molar-refractivity contribution in [2.24, 2.45) is 0 Å². The van der Waals surface area contributed by atoms with Gasteiger partial charge in [0.15, 0.2) is 17.3 Å². The van der Waals surface area contributed by atoms with Crippen LogP contribution in [0.15, 0.2) is 24.3 Å². The zero-order valence-corrected chi connectivity index (χ0v) is 15.1. The number of nitrogens with two attached hydrogens (primary N) is 1. The van der Waals surface area contributed by atoms with Gasteiger partial charge in [-0.15, -0.1) is 0 Å². The average Bonchev–Trinajstić information content (AvgIpc) is 3.11. The monoisotopic (exact) mass is 359 g/mol. The van der Waals surface area contributed by atoms with Gasteiger partial charge in [0.05, 0.1) is 34.4 Å². The van der Waals surface area contributed by atoms with Gasteiger partial charge in [-0.1, -0.05) is 6.07 Å². The smallest absolute Gasteiger partial charge is 0.203 e. The van der Waals surface area contributed by atoms with Gasteiger partial charge in [0.25, 0.3) is 0 Å². The maximum atomic E-state index is 13.1. The lowest BCUT2D eigenvalue weighted by molar-refractivity contribution is 0.0946. The van der Waals surface area contributed by atoms with Gasteiger partial charge in [-0.3, -0.25) is 4.79 Å². The van der Waals surface area contributed by atoms with Gasteiger partial charge in [0.1, 0.15) is 23.8 Å². The van der Waals surface area contributed by atoms with Crippen molar-refractivity contribution in [1.29, 1.82) is 0 Å². The molecule has 7 nitrogen and oxygen atoms in total. The molecule has 0 spiro atoms. The summed E-state index contributed by atoms with van der Waals surface area (Å²) in [5, 5.41) is 0. The van der Waals surface area contributed by atoms with E-state index in [1.807, 2.05) is 0 Å². The van der Waals surface area contributed by atoms with E-state index in [9.17, 15) is 4.79 Å². The lowest BCUT2D eigenvalue weighted by Crippen LogP contribution is -2.15. The van der Waals surface area contributed by atoms with Crippen LogP contribution in [0.5, 0.6) is 28.7 Å². The lowest BCUT2D eigenvalue weighted by Gasteiger charge is -2.15. The largest absolute Gasteiger partial charge is 0.494 e. The Hall–Kier alpha value is -3.09. The van der Waals surface area contributed by atoms with Crippen LogP contribution in [0.25, 0.3) is 0 Å². The molecular formula is C19H21NO6. The van der Waals surface area contributed by atoms with Crippen LogP contribution < -0.4 is 29.4 Å². The number of nitrogen functional groups attached to an aromatic ring is 1. The van der Waals surface area contributed by atoms with E-state index in [4.69, 9.17) is 29.4 Å². The van der Waals surface area contributed by atoms with E-state index in [0.29, 0.717) is 40.0 Å². The molecule has 26 heavy (non-hydrogen) atoms. The van der Waals surface area contributed by atoms with Crippen LogP contribution in [0.4, 0.5) is 5.69 Å². The predicted molar refractivity (Wildman–Crippen MR) is 96.1 cm³/mol. The van der Waals surface area contributed by atoms with E-state index < -0.39 is 5.92 Å². The third-order valence-electron chi connectivity index (χ3n) is 4.44. The van der Waals surface area contributed by atoms with Crippen LogP contribution in [0.2, 0.25) is 0 Å². The van der Waals surface area contributed by atoms with Crippen molar-refractivity contribution < 1.29 is 28.5 Å². The fraction of sp³-hybridized carbons (Fsp3) is 0.316. The highest BCUT2D eigenvalue weighted by molar-refractivity contribution is 6.03. The fourth-order valence-corrected chi connectivity index (χ4v) is 3.11. The van der Waals surface area contributed by atoms with Gasteiger partial charge in [-0.25, -0.2) is 0 Å². The summed E-state index contributed by atoms with van der Waals surface area (Å²) in [6.07, 6.45) is 0. The Balaban J connectivity index is 2.01. The normalized spacial score (nSPS) is 15.0. The third-order valence-corrected chi connectivity index (χ3v) is 4.44. The van der Waals surface area contributed by atoms with Crippen molar-refractivity contribution in [1.82, 2.24) is 0 Å². The number of Topliss-reactive ketones (excluding diaryl/α,β-unsaturated/α-hetero) is 1. The van der Waals surface area contributed by atoms with Gasteiger partial charge in [0, 0.05) is 11.1 Å². The summed E-state index contributed by atoms with van der Waals surface area (Å²) in [5.74, 6) is 1.70. The molecule has 0 aliphatic carbocycles. The SMILES string of the molecule is COc1ccc2c(c1N)OCC2C(=O)c1cc(OC)c(OC)c(OC)c1. The molecule has 0 bridgehead atoms. The molecule has 1 aliphatic heterocycles. The molecule has 0 saturated carbocycles. The molecule has 1 atom stereocenters. The average molecular weight is 359 g/mol. The second-order valence-corrected chi connectivity index (χ2v) is 5.74. The molecule has 0 aromatic heterocycles. The number of rotatable bonds is 6. The van der Waals surface area contributed by atoms with Gasteiger partial charge in [-0.05, 0) is 18.2 Å². The summed E-state index contributed by atoms with van der Waals surface area (Å²) in [6, 6.07) is 6.81. The molecule has 0 fully saturated rings. The van der Waals surface area contributed by atoms with Gasteiger partial charge in [0.2, 0.25) is 5.75 Å². The van der Waals surface area contributed by atoms with Crippen molar-refractivity contribution in [3.63, 3.8) is 0 Å². The van der Waals surface area contributed by atoms with Crippen LogP contribution >= 0.6 is 0 Å². The van der Waals surface area contributed by atoms with Gasteiger partial charge in [-0.2, -0.15) is 0 Å². The van der Waals surface area contributed by atoms with Crippen LogP contribution in [0.1, 0.15) is 21.8 Å². The lowest BCUT2D eigenvalue weighted by atomic mass is 9.91. The summed E-state index contributed by atoms with van der Waals surface area (Å²) in [5.41, 5.74) is 7.63. The minimum absolute atomic E-state index is 0.118. The molecular weight excluding hydrogens is 338 g/mol. The molecule has 138 valence electrons. The first-order chi connectivity index (χ1) is 12.5. The number of fused-ring (bicyclic) bond motifs is 1. The summed E-state index contributed by atoms with van der Waals surface area (Å²) >= 11 is 0. The molecule has 2 aromatic carbocycles. The molecule has 1 heterocycles. The maximum Gasteiger partial charge on any atom is 0.203 e. The summed E-state index contributed by atoms with van der Waals surface area (Å²) < 4.78 is 26.8. The first-order valence-corrected chi connectivity index (χ1v) is 7.99. The van der Waals surface area contributed by atoms with E-state index in [-0.39, 0.29) is 12.4 Å². The predicted octanol–water partition coefficient (Wildman–Crippen LogP) is 2.66. The molecule has 2 N–H and O–H groups in total. The number of ketones is 1. The minimum Gasteiger partial charge on any atom is -0.494 e. The van der Waals surface area contributed by atoms with Crippen LogP contribution in [-0.2, 0) is 0 Å². The Morgan fingerprint density at radius 1 is 1.00 bits per heavy atom. The second kappa shape index (κ2) is 7.03. The molecule has 2 aromatic rings. The van der Waals surface area contributed by atoms with Crippen LogP contribution in [0, 0.1) is 0 Å².